The third-order valence-electron chi connectivity index (χ3n) is 3.14. The summed E-state index contributed by atoms with van der Waals surface area (Å²) in [5.74, 6) is 0.816. The summed E-state index contributed by atoms with van der Waals surface area (Å²) >= 11 is 0. The van der Waals surface area contributed by atoms with Crippen molar-refractivity contribution >= 4 is 0 Å². The first-order chi connectivity index (χ1) is 8.31. The minimum absolute atomic E-state index is 0.116. The number of benzene rings is 1. The molecule has 1 unspecified atom stereocenters. The van der Waals surface area contributed by atoms with Gasteiger partial charge in [-0.25, -0.2) is 0 Å². The fourth-order valence-electron chi connectivity index (χ4n) is 2.29. The molecule has 3 nitrogen and oxygen atoms in total. The van der Waals surface area contributed by atoms with Crippen molar-refractivity contribution in [3.63, 3.8) is 0 Å². The van der Waals surface area contributed by atoms with Crippen molar-refractivity contribution < 1.29 is 10.2 Å². The second-order valence-electron chi connectivity index (χ2n) is 5.64. The standard InChI is InChI=1S/C15H25NO2/c1-10(2)9-16(11(3)4)12(5)13-6-14(17)8-15(18)7-13/h6-8,10-12,17-18H,9H2,1-5H3. The van der Waals surface area contributed by atoms with Crippen molar-refractivity contribution in [3.8, 4) is 11.5 Å². The topological polar surface area (TPSA) is 43.7 Å². The average Bonchev–Trinajstić information content (AvgIpc) is 2.23. The SMILES string of the molecule is CC(C)CN(C(C)C)C(C)c1cc(O)cc(O)c1. The van der Waals surface area contributed by atoms with E-state index in [0.29, 0.717) is 12.0 Å². The van der Waals surface area contributed by atoms with E-state index < -0.39 is 0 Å². The summed E-state index contributed by atoms with van der Waals surface area (Å²) in [6.07, 6.45) is 0. The summed E-state index contributed by atoms with van der Waals surface area (Å²) in [6.45, 7) is 11.8. The molecule has 3 heteroatoms. The molecule has 0 saturated carbocycles. The predicted molar refractivity (Wildman–Crippen MR) is 74.9 cm³/mol. The van der Waals surface area contributed by atoms with Gasteiger partial charge in [-0.2, -0.15) is 0 Å². The Morgan fingerprint density at radius 1 is 0.944 bits per heavy atom. The quantitative estimate of drug-likeness (QED) is 0.841. The molecule has 0 aliphatic rings. The Labute approximate surface area is 110 Å². The Balaban J connectivity index is 2.97. The predicted octanol–water partition coefficient (Wildman–Crippen LogP) is 3.53. The second kappa shape index (κ2) is 6.10. The summed E-state index contributed by atoms with van der Waals surface area (Å²) in [5, 5.41) is 19.1. The monoisotopic (exact) mass is 251 g/mol. The zero-order chi connectivity index (χ0) is 13.9. The lowest BCUT2D eigenvalue weighted by Crippen LogP contribution is -2.36. The van der Waals surface area contributed by atoms with E-state index in [-0.39, 0.29) is 17.5 Å². The van der Waals surface area contributed by atoms with Gasteiger partial charge in [0.15, 0.2) is 0 Å². The van der Waals surface area contributed by atoms with Crippen LogP contribution in [0.1, 0.15) is 46.2 Å². The molecule has 102 valence electrons. The van der Waals surface area contributed by atoms with E-state index >= 15 is 0 Å². The Bertz CT molecular complexity index is 368. The molecule has 0 fully saturated rings. The molecular weight excluding hydrogens is 226 g/mol. The molecule has 0 aliphatic heterocycles. The van der Waals surface area contributed by atoms with E-state index in [1.165, 1.54) is 6.07 Å². The normalized spacial score (nSPS) is 13.6. The molecule has 0 bridgehead atoms. The summed E-state index contributed by atoms with van der Waals surface area (Å²) < 4.78 is 0. The van der Waals surface area contributed by atoms with Crippen molar-refractivity contribution in [2.45, 2.75) is 46.7 Å². The van der Waals surface area contributed by atoms with Crippen LogP contribution in [0.5, 0.6) is 11.5 Å². The molecule has 0 aliphatic carbocycles. The Hall–Kier alpha value is -1.22. The average molecular weight is 251 g/mol. The fourth-order valence-corrected chi connectivity index (χ4v) is 2.29. The van der Waals surface area contributed by atoms with Gasteiger partial charge in [-0.3, -0.25) is 4.90 Å². The number of hydrogen-bond donors (Lipinski definition) is 2. The third-order valence-corrected chi connectivity index (χ3v) is 3.14. The van der Waals surface area contributed by atoms with Crippen LogP contribution in [-0.2, 0) is 0 Å². The maximum Gasteiger partial charge on any atom is 0.119 e. The van der Waals surface area contributed by atoms with E-state index in [0.717, 1.165) is 12.1 Å². The van der Waals surface area contributed by atoms with Crippen LogP contribution in [-0.4, -0.2) is 27.7 Å². The largest absolute Gasteiger partial charge is 0.508 e. The Kier molecular flexibility index (Phi) is 5.03. The second-order valence-corrected chi connectivity index (χ2v) is 5.64. The van der Waals surface area contributed by atoms with Gasteiger partial charge in [0.1, 0.15) is 11.5 Å². The Morgan fingerprint density at radius 2 is 1.44 bits per heavy atom. The number of aromatic hydroxyl groups is 2. The van der Waals surface area contributed by atoms with Crippen molar-refractivity contribution in [1.29, 1.82) is 0 Å². The van der Waals surface area contributed by atoms with Gasteiger partial charge in [0.05, 0.1) is 0 Å². The first-order valence-corrected chi connectivity index (χ1v) is 6.60. The van der Waals surface area contributed by atoms with Crippen LogP contribution < -0.4 is 0 Å². The Morgan fingerprint density at radius 3 is 1.83 bits per heavy atom. The summed E-state index contributed by atoms with van der Waals surface area (Å²) in [6, 6.07) is 5.40. The molecule has 0 radical (unpaired) electrons. The molecule has 1 rings (SSSR count). The van der Waals surface area contributed by atoms with Crippen molar-refractivity contribution in [3.05, 3.63) is 23.8 Å². The zero-order valence-electron chi connectivity index (χ0n) is 12.0. The van der Waals surface area contributed by atoms with Crippen LogP contribution in [0.4, 0.5) is 0 Å². The molecule has 0 heterocycles. The third kappa shape index (κ3) is 3.91. The minimum atomic E-state index is 0.116. The molecule has 1 atom stereocenters. The maximum absolute atomic E-state index is 9.57. The lowest BCUT2D eigenvalue weighted by Gasteiger charge is -2.34. The van der Waals surface area contributed by atoms with E-state index in [2.05, 4.69) is 39.5 Å². The van der Waals surface area contributed by atoms with Gasteiger partial charge in [-0.05, 0) is 44.4 Å². The van der Waals surface area contributed by atoms with Crippen LogP contribution in [0.25, 0.3) is 0 Å². The van der Waals surface area contributed by atoms with Crippen LogP contribution in [0, 0.1) is 5.92 Å². The molecule has 1 aromatic rings. The van der Waals surface area contributed by atoms with Crippen LogP contribution in [0.2, 0.25) is 0 Å². The number of phenolic OH excluding ortho intramolecular Hbond substituents is 2. The first kappa shape index (κ1) is 14.8. The van der Waals surface area contributed by atoms with Gasteiger partial charge < -0.3 is 10.2 Å². The molecule has 0 saturated heterocycles. The zero-order valence-corrected chi connectivity index (χ0v) is 12.0. The van der Waals surface area contributed by atoms with Crippen molar-refractivity contribution in [1.82, 2.24) is 4.90 Å². The lowest BCUT2D eigenvalue weighted by atomic mass is 10.0. The van der Waals surface area contributed by atoms with Crippen molar-refractivity contribution in [2.24, 2.45) is 5.92 Å². The van der Waals surface area contributed by atoms with E-state index in [1.54, 1.807) is 12.1 Å². The van der Waals surface area contributed by atoms with Gasteiger partial charge in [0.25, 0.3) is 0 Å². The molecule has 2 N–H and O–H groups in total. The highest BCUT2D eigenvalue weighted by Crippen LogP contribution is 2.29. The molecule has 0 aromatic heterocycles. The number of phenols is 2. The highest BCUT2D eigenvalue weighted by Gasteiger charge is 2.20. The van der Waals surface area contributed by atoms with Crippen LogP contribution in [0.15, 0.2) is 18.2 Å². The van der Waals surface area contributed by atoms with Crippen LogP contribution >= 0.6 is 0 Å². The van der Waals surface area contributed by atoms with Gasteiger partial charge in [-0.1, -0.05) is 13.8 Å². The summed E-state index contributed by atoms with van der Waals surface area (Å²) in [5.41, 5.74) is 0.946. The summed E-state index contributed by atoms with van der Waals surface area (Å²) in [4.78, 5) is 2.37. The highest BCUT2D eigenvalue weighted by atomic mass is 16.3. The van der Waals surface area contributed by atoms with E-state index in [4.69, 9.17) is 0 Å². The summed E-state index contributed by atoms with van der Waals surface area (Å²) in [7, 11) is 0. The maximum atomic E-state index is 9.57. The molecule has 1 aromatic carbocycles. The smallest absolute Gasteiger partial charge is 0.119 e. The highest BCUT2D eigenvalue weighted by molar-refractivity contribution is 5.38. The minimum Gasteiger partial charge on any atom is -0.508 e. The number of nitrogens with zero attached hydrogens (tertiary/aromatic N) is 1. The van der Waals surface area contributed by atoms with Crippen molar-refractivity contribution in [2.75, 3.05) is 6.54 Å². The van der Waals surface area contributed by atoms with Gasteiger partial charge in [0, 0.05) is 24.7 Å². The molecule has 18 heavy (non-hydrogen) atoms. The van der Waals surface area contributed by atoms with E-state index in [9.17, 15) is 10.2 Å². The van der Waals surface area contributed by atoms with Crippen LogP contribution in [0.3, 0.4) is 0 Å². The molecule has 0 amide bonds. The first-order valence-electron chi connectivity index (χ1n) is 6.60. The number of rotatable bonds is 5. The van der Waals surface area contributed by atoms with Gasteiger partial charge in [-0.15, -0.1) is 0 Å². The molecular formula is C15H25NO2. The molecule has 0 spiro atoms. The lowest BCUT2D eigenvalue weighted by molar-refractivity contribution is 0.145. The fraction of sp³-hybridized carbons (Fsp3) is 0.600. The van der Waals surface area contributed by atoms with Gasteiger partial charge >= 0.3 is 0 Å². The van der Waals surface area contributed by atoms with E-state index in [1.807, 2.05) is 0 Å². The number of hydrogen-bond acceptors (Lipinski definition) is 3. The van der Waals surface area contributed by atoms with Gasteiger partial charge in [0.2, 0.25) is 0 Å².